The Labute approximate surface area is 185 Å². The molecule has 0 spiro atoms. The van der Waals surface area contributed by atoms with Gasteiger partial charge in [-0.2, -0.15) is 0 Å². The Kier molecular flexibility index (Phi) is 5.34. The van der Waals surface area contributed by atoms with Crippen LogP contribution in [0.5, 0.6) is 0 Å². The molecule has 5 rings (SSSR count). The summed E-state index contributed by atoms with van der Waals surface area (Å²) in [5.74, 6) is -1.05. The summed E-state index contributed by atoms with van der Waals surface area (Å²) in [5, 5.41) is 16.7. The Morgan fingerprint density at radius 1 is 1.00 bits per heavy atom. The highest BCUT2D eigenvalue weighted by atomic mass is 16.6. The molecule has 1 aliphatic heterocycles. The third kappa shape index (κ3) is 3.72. The van der Waals surface area contributed by atoms with Gasteiger partial charge in [-0.15, -0.1) is 5.10 Å². The van der Waals surface area contributed by atoms with E-state index in [1.807, 2.05) is 24.3 Å². The molecule has 2 heterocycles. The smallest absolute Gasteiger partial charge is 0.409 e. The molecule has 2 aliphatic rings. The van der Waals surface area contributed by atoms with Gasteiger partial charge in [0, 0.05) is 19.0 Å². The minimum Gasteiger partial charge on any atom is -0.476 e. The predicted molar refractivity (Wildman–Crippen MR) is 117 cm³/mol. The van der Waals surface area contributed by atoms with E-state index in [-0.39, 0.29) is 23.7 Å². The molecule has 1 saturated heterocycles. The number of aromatic carboxylic acids is 1. The average molecular weight is 432 g/mol. The Hall–Kier alpha value is -3.68. The largest absolute Gasteiger partial charge is 0.476 e. The molecule has 0 saturated carbocycles. The summed E-state index contributed by atoms with van der Waals surface area (Å²) in [6.45, 7) is 1.44. The van der Waals surface area contributed by atoms with Crippen LogP contribution < -0.4 is 0 Å². The molecule has 1 amide bonds. The first kappa shape index (κ1) is 20.2. The van der Waals surface area contributed by atoms with Crippen LogP contribution in [0, 0.1) is 0 Å². The molecular formula is C24H24N4O4. The molecule has 1 aliphatic carbocycles. The predicted octanol–water partition coefficient (Wildman–Crippen LogP) is 3.95. The fourth-order valence-electron chi connectivity index (χ4n) is 4.76. The highest BCUT2D eigenvalue weighted by Gasteiger charge is 2.30. The van der Waals surface area contributed by atoms with Crippen LogP contribution in [0.3, 0.4) is 0 Å². The lowest BCUT2D eigenvalue weighted by Gasteiger charge is -2.22. The maximum atomic E-state index is 12.9. The van der Waals surface area contributed by atoms with E-state index in [9.17, 15) is 9.59 Å². The summed E-state index contributed by atoms with van der Waals surface area (Å²) in [5.41, 5.74) is 4.73. The van der Waals surface area contributed by atoms with Crippen molar-refractivity contribution in [3.8, 4) is 11.1 Å². The number of carbonyl (C=O) groups is 2. The van der Waals surface area contributed by atoms with Crippen molar-refractivity contribution in [1.29, 1.82) is 0 Å². The number of carbonyl (C=O) groups excluding carboxylic acids is 1. The van der Waals surface area contributed by atoms with E-state index >= 15 is 0 Å². The zero-order valence-corrected chi connectivity index (χ0v) is 17.6. The van der Waals surface area contributed by atoms with E-state index in [4.69, 9.17) is 9.84 Å². The summed E-state index contributed by atoms with van der Waals surface area (Å²) in [6, 6.07) is 16.6. The minimum absolute atomic E-state index is 0.0157. The number of hydrogen-bond donors (Lipinski definition) is 1. The van der Waals surface area contributed by atoms with Crippen molar-refractivity contribution in [3.05, 3.63) is 71.5 Å². The van der Waals surface area contributed by atoms with Crippen LogP contribution in [0.15, 0.2) is 54.7 Å². The lowest BCUT2D eigenvalue weighted by Crippen LogP contribution is -2.33. The maximum absolute atomic E-state index is 12.9. The number of carboxylic acids is 1. The zero-order chi connectivity index (χ0) is 22.1. The number of nitrogens with zero attached hydrogens (tertiary/aromatic N) is 4. The number of amides is 1. The zero-order valence-electron chi connectivity index (χ0n) is 17.6. The molecule has 8 heteroatoms. The van der Waals surface area contributed by atoms with E-state index in [0.29, 0.717) is 26.1 Å². The van der Waals surface area contributed by atoms with Crippen LogP contribution in [0.4, 0.5) is 4.79 Å². The van der Waals surface area contributed by atoms with Gasteiger partial charge in [0.05, 0.1) is 12.2 Å². The SMILES string of the molecule is O=C(O)c1cn(C2CCCN(C(=O)OCC3c4ccccc4-c4ccccc43)CC2)nn1. The molecule has 32 heavy (non-hydrogen) atoms. The highest BCUT2D eigenvalue weighted by molar-refractivity contribution is 5.84. The standard InChI is InChI=1S/C24H24N4O4/c29-23(30)22-14-28(26-25-22)16-6-5-12-27(13-11-16)24(31)32-15-21-19-9-3-1-7-17(19)18-8-2-4-10-20(18)21/h1-4,7-10,14,16,21H,5-6,11-13,15H2,(H,29,30). The Morgan fingerprint density at radius 3 is 2.34 bits per heavy atom. The third-order valence-corrected chi connectivity index (χ3v) is 6.40. The van der Waals surface area contributed by atoms with Crippen molar-refractivity contribution < 1.29 is 19.4 Å². The second kappa shape index (κ2) is 8.45. The van der Waals surface area contributed by atoms with Crippen LogP contribution >= 0.6 is 0 Å². The van der Waals surface area contributed by atoms with E-state index in [2.05, 4.69) is 34.6 Å². The molecule has 8 nitrogen and oxygen atoms in total. The van der Waals surface area contributed by atoms with Crippen molar-refractivity contribution in [1.82, 2.24) is 19.9 Å². The molecule has 1 atom stereocenters. The number of ether oxygens (including phenoxy) is 1. The molecule has 2 aromatic carbocycles. The Morgan fingerprint density at radius 2 is 1.69 bits per heavy atom. The van der Waals surface area contributed by atoms with Gasteiger partial charge in [-0.1, -0.05) is 53.7 Å². The van der Waals surface area contributed by atoms with Gasteiger partial charge in [0.25, 0.3) is 0 Å². The number of aromatic nitrogens is 3. The van der Waals surface area contributed by atoms with E-state index in [1.54, 1.807) is 9.58 Å². The minimum atomic E-state index is -1.09. The van der Waals surface area contributed by atoms with Gasteiger partial charge in [0.1, 0.15) is 6.61 Å². The Bertz CT molecular complexity index is 1110. The summed E-state index contributed by atoms with van der Waals surface area (Å²) in [4.78, 5) is 25.7. The van der Waals surface area contributed by atoms with Crippen molar-refractivity contribution in [2.75, 3.05) is 19.7 Å². The third-order valence-electron chi connectivity index (χ3n) is 6.40. The molecule has 1 N–H and O–H groups in total. The van der Waals surface area contributed by atoms with Crippen molar-refractivity contribution in [2.45, 2.75) is 31.2 Å². The second-order valence-electron chi connectivity index (χ2n) is 8.26. The molecule has 3 aromatic rings. The number of likely N-dealkylation sites (tertiary alicyclic amines) is 1. The molecule has 1 unspecified atom stereocenters. The topological polar surface area (TPSA) is 97.5 Å². The van der Waals surface area contributed by atoms with Crippen LogP contribution in [0.2, 0.25) is 0 Å². The van der Waals surface area contributed by atoms with E-state index in [1.165, 1.54) is 28.5 Å². The summed E-state index contributed by atoms with van der Waals surface area (Å²) in [7, 11) is 0. The first-order valence-electron chi connectivity index (χ1n) is 10.9. The second-order valence-corrected chi connectivity index (χ2v) is 8.26. The van der Waals surface area contributed by atoms with Crippen molar-refractivity contribution in [3.63, 3.8) is 0 Å². The first-order chi connectivity index (χ1) is 15.6. The van der Waals surface area contributed by atoms with Crippen LogP contribution in [0.25, 0.3) is 11.1 Å². The normalized spacial score (nSPS) is 18.0. The Balaban J connectivity index is 1.23. The fraction of sp³-hybridized carbons (Fsp3) is 0.333. The molecule has 0 bridgehead atoms. The lowest BCUT2D eigenvalue weighted by molar-refractivity contribution is 0.0690. The van der Waals surface area contributed by atoms with Gasteiger partial charge in [-0.05, 0) is 41.5 Å². The van der Waals surface area contributed by atoms with Gasteiger partial charge in [-0.3, -0.25) is 0 Å². The molecule has 0 radical (unpaired) electrons. The molecule has 164 valence electrons. The van der Waals surface area contributed by atoms with E-state index < -0.39 is 5.97 Å². The van der Waals surface area contributed by atoms with Gasteiger partial charge in [-0.25, -0.2) is 14.3 Å². The van der Waals surface area contributed by atoms with Crippen molar-refractivity contribution >= 4 is 12.1 Å². The number of carboxylic acid groups (broad SMARTS) is 1. The van der Waals surface area contributed by atoms with Gasteiger partial charge < -0.3 is 14.7 Å². The van der Waals surface area contributed by atoms with Gasteiger partial charge in [0.2, 0.25) is 0 Å². The van der Waals surface area contributed by atoms with E-state index in [0.717, 1.165) is 12.8 Å². The summed E-state index contributed by atoms with van der Waals surface area (Å²) in [6.07, 6.45) is 3.41. The molecule has 1 fully saturated rings. The molecule has 1 aromatic heterocycles. The maximum Gasteiger partial charge on any atom is 0.409 e. The fourth-order valence-corrected chi connectivity index (χ4v) is 4.76. The van der Waals surface area contributed by atoms with Crippen LogP contribution in [-0.2, 0) is 4.74 Å². The number of benzene rings is 2. The highest BCUT2D eigenvalue weighted by Crippen LogP contribution is 2.44. The van der Waals surface area contributed by atoms with Gasteiger partial charge in [0.15, 0.2) is 5.69 Å². The van der Waals surface area contributed by atoms with Crippen LogP contribution in [0.1, 0.15) is 52.8 Å². The van der Waals surface area contributed by atoms with Crippen molar-refractivity contribution in [2.24, 2.45) is 0 Å². The average Bonchev–Trinajstić information content (AvgIpc) is 3.34. The monoisotopic (exact) mass is 432 g/mol. The number of fused-ring (bicyclic) bond motifs is 3. The number of rotatable bonds is 4. The quantitative estimate of drug-likeness (QED) is 0.670. The first-order valence-corrected chi connectivity index (χ1v) is 10.9. The van der Waals surface area contributed by atoms with Crippen LogP contribution in [-0.4, -0.2) is 56.8 Å². The summed E-state index contributed by atoms with van der Waals surface area (Å²) < 4.78 is 7.39. The molecular weight excluding hydrogens is 408 g/mol. The lowest BCUT2D eigenvalue weighted by atomic mass is 9.98. The number of hydrogen-bond acceptors (Lipinski definition) is 5. The summed E-state index contributed by atoms with van der Waals surface area (Å²) >= 11 is 0. The van der Waals surface area contributed by atoms with Gasteiger partial charge >= 0.3 is 12.1 Å².